The van der Waals surface area contributed by atoms with Gasteiger partial charge in [0.2, 0.25) is 0 Å². The van der Waals surface area contributed by atoms with E-state index < -0.39 is 5.54 Å². The first-order chi connectivity index (χ1) is 6.00. The number of ketones is 1. The van der Waals surface area contributed by atoms with Gasteiger partial charge in [0, 0.05) is 6.42 Å². The van der Waals surface area contributed by atoms with Crippen LogP contribution in [0.4, 0.5) is 0 Å². The van der Waals surface area contributed by atoms with E-state index in [1.54, 1.807) is 0 Å². The van der Waals surface area contributed by atoms with Gasteiger partial charge in [-0.3, -0.25) is 4.79 Å². The van der Waals surface area contributed by atoms with Crippen LogP contribution in [0.1, 0.15) is 53.4 Å². The number of rotatable bonds is 6. The molecule has 0 aromatic rings. The number of hydrogen-bond acceptors (Lipinski definition) is 2. The quantitative estimate of drug-likeness (QED) is 0.691. The Kier molecular flexibility index (Phi) is 5.23. The van der Waals surface area contributed by atoms with Crippen LogP contribution in [0.25, 0.3) is 0 Å². The van der Waals surface area contributed by atoms with Crippen molar-refractivity contribution in [3.05, 3.63) is 0 Å². The summed E-state index contributed by atoms with van der Waals surface area (Å²) in [6, 6.07) is 0. The number of carbonyl (C=O) groups excluding carboxylic acids is 1. The molecule has 2 heteroatoms. The minimum atomic E-state index is -0.566. The zero-order chi connectivity index (χ0) is 10.5. The fourth-order valence-electron chi connectivity index (χ4n) is 1.31. The highest BCUT2D eigenvalue weighted by Gasteiger charge is 2.29. The molecule has 0 fully saturated rings. The SMILES string of the molecule is CCC(C)CC(=O)C(N)(CC)CC. The van der Waals surface area contributed by atoms with Crippen LogP contribution in [0, 0.1) is 5.92 Å². The second-order valence-electron chi connectivity index (χ2n) is 4.00. The lowest BCUT2D eigenvalue weighted by molar-refractivity contribution is -0.125. The number of nitrogens with two attached hydrogens (primary N) is 1. The van der Waals surface area contributed by atoms with Crippen molar-refractivity contribution in [3.8, 4) is 0 Å². The average molecular weight is 185 g/mol. The van der Waals surface area contributed by atoms with Crippen molar-refractivity contribution in [2.75, 3.05) is 0 Å². The van der Waals surface area contributed by atoms with Gasteiger partial charge in [-0.2, -0.15) is 0 Å². The largest absolute Gasteiger partial charge is 0.319 e. The molecule has 0 aromatic heterocycles. The first-order valence-electron chi connectivity index (χ1n) is 5.32. The molecule has 0 aliphatic rings. The highest BCUT2D eigenvalue weighted by molar-refractivity contribution is 5.88. The molecule has 78 valence electrons. The summed E-state index contributed by atoms with van der Waals surface area (Å²) in [4.78, 5) is 11.8. The maximum atomic E-state index is 11.8. The highest BCUT2D eigenvalue weighted by Crippen LogP contribution is 2.18. The molecule has 0 rings (SSSR count). The summed E-state index contributed by atoms with van der Waals surface area (Å²) in [5.74, 6) is 0.695. The maximum Gasteiger partial charge on any atom is 0.152 e. The van der Waals surface area contributed by atoms with E-state index in [1.165, 1.54) is 0 Å². The summed E-state index contributed by atoms with van der Waals surface area (Å²) in [7, 11) is 0. The highest BCUT2D eigenvalue weighted by atomic mass is 16.1. The van der Waals surface area contributed by atoms with Crippen LogP contribution < -0.4 is 5.73 Å². The monoisotopic (exact) mass is 185 g/mol. The third kappa shape index (κ3) is 3.47. The summed E-state index contributed by atoms with van der Waals surface area (Å²) in [6.07, 6.45) is 3.18. The van der Waals surface area contributed by atoms with Gasteiger partial charge in [0.1, 0.15) is 0 Å². The minimum absolute atomic E-state index is 0.229. The van der Waals surface area contributed by atoms with Crippen LogP contribution in [0.5, 0.6) is 0 Å². The van der Waals surface area contributed by atoms with Crippen LogP contribution in [0.15, 0.2) is 0 Å². The Morgan fingerprint density at radius 2 is 1.77 bits per heavy atom. The molecular weight excluding hydrogens is 162 g/mol. The average Bonchev–Trinajstić information content (AvgIpc) is 2.16. The number of carbonyl (C=O) groups is 1. The second-order valence-corrected chi connectivity index (χ2v) is 4.00. The van der Waals surface area contributed by atoms with Crippen molar-refractivity contribution in [3.63, 3.8) is 0 Å². The standard InChI is InChI=1S/C11H23NO/c1-5-9(4)8-10(13)11(12,6-2)7-3/h9H,5-8,12H2,1-4H3. The van der Waals surface area contributed by atoms with Crippen LogP contribution in [0.3, 0.4) is 0 Å². The van der Waals surface area contributed by atoms with Gasteiger partial charge in [-0.1, -0.05) is 34.1 Å². The zero-order valence-corrected chi connectivity index (χ0v) is 9.39. The lowest BCUT2D eigenvalue weighted by Gasteiger charge is -2.26. The Balaban J connectivity index is 4.22. The van der Waals surface area contributed by atoms with Gasteiger partial charge in [0.15, 0.2) is 5.78 Å². The molecule has 13 heavy (non-hydrogen) atoms. The van der Waals surface area contributed by atoms with Crippen molar-refractivity contribution < 1.29 is 4.79 Å². The van der Waals surface area contributed by atoms with Crippen LogP contribution >= 0.6 is 0 Å². The molecule has 2 nitrogen and oxygen atoms in total. The number of hydrogen-bond donors (Lipinski definition) is 1. The van der Waals surface area contributed by atoms with Crippen LogP contribution in [0.2, 0.25) is 0 Å². The minimum Gasteiger partial charge on any atom is -0.319 e. The maximum absolute atomic E-state index is 11.8. The summed E-state index contributed by atoms with van der Waals surface area (Å²) in [5, 5.41) is 0. The molecule has 0 radical (unpaired) electrons. The molecule has 2 N–H and O–H groups in total. The molecule has 0 saturated heterocycles. The summed E-state index contributed by atoms with van der Waals surface area (Å²) < 4.78 is 0. The van der Waals surface area contributed by atoms with E-state index in [9.17, 15) is 4.79 Å². The Hall–Kier alpha value is -0.370. The van der Waals surface area contributed by atoms with Crippen LogP contribution in [-0.4, -0.2) is 11.3 Å². The van der Waals surface area contributed by atoms with Gasteiger partial charge >= 0.3 is 0 Å². The van der Waals surface area contributed by atoms with Gasteiger partial charge < -0.3 is 5.73 Å². The van der Waals surface area contributed by atoms with E-state index in [1.807, 2.05) is 13.8 Å². The first-order valence-corrected chi connectivity index (χ1v) is 5.32. The predicted molar refractivity (Wildman–Crippen MR) is 56.6 cm³/mol. The molecule has 0 heterocycles. The number of Topliss-reactive ketones (excluding diaryl/α,β-unsaturated/α-hetero) is 1. The molecule has 0 amide bonds. The van der Waals surface area contributed by atoms with Gasteiger partial charge in [-0.15, -0.1) is 0 Å². The van der Waals surface area contributed by atoms with E-state index in [2.05, 4.69) is 13.8 Å². The fourth-order valence-corrected chi connectivity index (χ4v) is 1.31. The van der Waals surface area contributed by atoms with Gasteiger partial charge in [-0.25, -0.2) is 0 Å². The van der Waals surface area contributed by atoms with E-state index in [0.717, 1.165) is 19.3 Å². The van der Waals surface area contributed by atoms with E-state index in [0.29, 0.717) is 12.3 Å². The van der Waals surface area contributed by atoms with Crippen molar-refractivity contribution in [1.82, 2.24) is 0 Å². The topological polar surface area (TPSA) is 43.1 Å². The molecule has 1 unspecified atom stereocenters. The van der Waals surface area contributed by atoms with Crippen LogP contribution in [-0.2, 0) is 4.79 Å². The molecule has 0 aliphatic carbocycles. The van der Waals surface area contributed by atoms with E-state index >= 15 is 0 Å². The summed E-state index contributed by atoms with van der Waals surface area (Å²) in [6.45, 7) is 8.17. The Labute approximate surface area is 81.9 Å². The molecular formula is C11H23NO. The predicted octanol–water partition coefficient (Wildman–Crippen LogP) is 2.51. The van der Waals surface area contributed by atoms with Crippen molar-refractivity contribution in [2.45, 2.75) is 58.9 Å². The normalized spacial score (nSPS) is 14.2. The molecule has 0 spiro atoms. The fraction of sp³-hybridized carbons (Fsp3) is 0.909. The van der Waals surface area contributed by atoms with Crippen molar-refractivity contribution in [2.24, 2.45) is 11.7 Å². The molecule has 0 aliphatic heterocycles. The Morgan fingerprint density at radius 1 is 1.31 bits per heavy atom. The first kappa shape index (κ1) is 12.6. The third-order valence-corrected chi connectivity index (χ3v) is 3.05. The zero-order valence-electron chi connectivity index (χ0n) is 9.39. The Morgan fingerprint density at radius 3 is 2.08 bits per heavy atom. The molecule has 1 atom stereocenters. The van der Waals surface area contributed by atoms with Gasteiger partial charge in [-0.05, 0) is 18.8 Å². The van der Waals surface area contributed by atoms with E-state index in [-0.39, 0.29) is 5.78 Å². The molecule has 0 saturated carbocycles. The second kappa shape index (κ2) is 5.38. The lowest BCUT2D eigenvalue weighted by atomic mass is 9.84. The van der Waals surface area contributed by atoms with Gasteiger partial charge in [0.05, 0.1) is 5.54 Å². The van der Waals surface area contributed by atoms with E-state index in [4.69, 9.17) is 5.73 Å². The third-order valence-electron chi connectivity index (χ3n) is 3.05. The Bertz CT molecular complexity index is 161. The van der Waals surface area contributed by atoms with Crippen molar-refractivity contribution >= 4 is 5.78 Å². The molecule has 0 aromatic carbocycles. The summed E-state index contributed by atoms with van der Waals surface area (Å²) in [5.41, 5.74) is 5.43. The lowest BCUT2D eigenvalue weighted by Crippen LogP contribution is -2.47. The smallest absolute Gasteiger partial charge is 0.152 e. The van der Waals surface area contributed by atoms with Gasteiger partial charge in [0.25, 0.3) is 0 Å². The van der Waals surface area contributed by atoms with Crippen molar-refractivity contribution in [1.29, 1.82) is 0 Å². The molecule has 0 bridgehead atoms. The summed E-state index contributed by atoms with van der Waals surface area (Å²) >= 11 is 0.